The first-order valence-corrected chi connectivity index (χ1v) is 11.4. The van der Waals surface area contributed by atoms with E-state index in [0.717, 1.165) is 18.6 Å². The summed E-state index contributed by atoms with van der Waals surface area (Å²) in [6, 6.07) is 12.9. The summed E-state index contributed by atoms with van der Waals surface area (Å²) in [5.41, 5.74) is 10.6. The van der Waals surface area contributed by atoms with Crippen LogP contribution < -0.4 is 15.8 Å². The van der Waals surface area contributed by atoms with Gasteiger partial charge in [-0.05, 0) is 59.9 Å². The molecule has 0 atom stereocenters. The maximum Gasteiger partial charge on any atom is 0.269 e. The molecule has 0 bridgehead atoms. The van der Waals surface area contributed by atoms with Gasteiger partial charge in [-0.15, -0.1) is 0 Å². The highest BCUT2D eigenvalue weighted by Gasteiger charge is 2.26. The first-order chi connectivity index (χ1) is 15.0. The normalized spacial score (nSPS) is 11.8. The number of rotatable bonds is 11. The zero-order valence-electron chi connectivity index (χ0n) is 20.3. The molecule has 0 saturated carbocycles. The number of hydrogen-bond donors (Lipinski definition) is 1. The minimum Gasteiger partial charge on any atom is -0.493 e. The molecule has 5 heteroatoms. The maximum atomic E-state index is 12.3. The predicted octanol–water partition coefficient (Wildman–Crippen LogP) is 6.28. The van der Waals surface area contributed by atoms with Gasteiger partial charge in [-0.2, -0.15) is 0 Å². The highest BCUT2D eigenvalue weighted by molar-refractivity contribution is 5.95. The van der Waals surface area contributed by atoms with Gasteiger partial charge < -0.3 is 10.1 Å². The molecule has 2 aromatic carbocycles. The number of hydrogen-bond acceptors (Lipinski definition) is 3. The third-order valence-corrected chi connectivity index (χ3v) is 6.47. The summed E-state index contributed by atoms with van der Waals surface area (Å²) in [6.07, 6.45) is 2.96. The van der Waals surface area contributed by atoms with E-state index < -0.39 is 5.91 Å². The van der Waals surface area contributed by atoms with E-state index in [1.165, 1.54) is 17.2 Å². The highest BCUT2D eigenvalue weighted by atomic mass is 16.5. The van der Waals surface area contributed by atoms with Crippen molar-refractivity contribution >= 4 is 17.5 Å². The van der Waals surface area contributed by atoms with Crippen LogP contribution in [-0.2, 0) is 15.6 Å². The summed E-state index contributed by atoms with van der Waals surface area (Å²) in [5.74, 6) is -0.0273. The number of nitrogens with one attached hydrogen (secondary N) is 2. The van der Waals surface area contributed by atoms with Crippen LogP contribution in [0.3, 0.4) is 0 Å². The minimum absolute atomic E-state index is 0.00710. The van der Waals surface area contributed by atoms with Gasteiger partial charge in [0.05, 0.1) is 6.61 Å². The molecule has 0 spiro atoms. The number of amides is 2. The molecule has 5 nitrogen and oxygen atoms in total. The maximum absolute atomic E-state index is 12.3. The van der Waals surface area contributed by atoms with Gasteiger partial charge in [-0.1, -0.05) is 59.7 Å². The lowest BCUT2D eigenvalue weighted by Gasteiger charge is -2.30. The standard InChI is InChI=1S/C27H37N2O3/c1-7-26(3,4)20-14-15-23(22(18-20)27(5,6)8-2)32-16-10-13-24(30)29-21-12-9-11-19(17-21)25(28)31/h9,11-12,14-15,17-18,28H,7-8,10,13,16H2,1-6H3,(H,29,30). The van der Waals surface area contributed by atoms with Gasteiger partial charge in [0, 0.05) is 23.2 Å². The number of benzene rings is 2. The Kier molecular flexibility index (Phi) is 8.48. The van der Waals surface area contributed by atoms with E-state index in [1.54, 1.807) is 18.2 Å². The van der Waals surface area contributed by atoms with Crippen molar-refractivity contribution in [2.24, 2.45) is 0 Å². The fourth-order valence-corrected chi connectivity index (χ4v) is 3.38. The fraction of sp³-hybridized carbons (Fsp3) is 0.481. The summed E-state index contributed by atoms with van der Waals surface area (Å²) in [6.45, 7) is 13.8. The van der Waals surface area contributed by atoms with Crippen molar-refractivity contribution in [2.75, 3.05) is 11.9 Å². The lowest BCUT2D eigenvalue weighted by Crippen LogP contribution is -2.21. The second-order valence-electron chi connectivity index (χ2n) is 9.60. The largest absolute Gasteiger partial charge is 0.493 e. The number of anilines is 1. The van der Waals surface area contributed by atoms with Crippen molar-refractivity contribution in [1.82, 2.24) is 5.73 Å². The Bertz CT molecular complexity index is 948. The summed E-state index contributed by atoms with van der Waals surface area (Å²) >= 11 is 0. The van der Waals surface area contributed by atoms with Gasteiger partial charge in [-0.25, -0.2) is 0 Å². The number of carbonyl (C=O) groups excluding carboxylic acids is 2. The first kappa shape index (κ1) is 25.4. The van der Waals surface area contributed by atoms with Gasteiger partial charge in [0.15, 0.2) is 0 Å². The average molecular weight is 438 g/mol. The van der Waals surface area contributed by atoms with Gasteiger partial charge >= 0.3 is 0 Å². The second kappa shape index (κ2) is 10.7. The summed E-state index contributed by atoms with van der Waals surface area (Å²) in [7, 11) is 0. The van der Waals surface area contributed by atoms with Crippen LogP contribution in [0.25, 0.3) is 0 Å². The van der Waals surface area contributed by atoms with Crippen molar-refractivity contribution in [3.8, 4) is 5.75 Å². The smallest absolute Gasteiger partial charge is 0.269 e. The molecule has 2 rings (SSSR count). The van der Waals surface area contributed by atoms with E-state index in [2.05, 4.69) is 65.1 Å². The molecule has 0 aliphatic heterocycles. The monoisotopic (exact) mass is 437 g/mol. The second-order valence-corrected chi connectivity index (χ2v) is 9.60. The Morgan fingerprint density at radius 1 is 0.969 bits per heavy atom. The molecule has 0 aliphatic rings. The van der Waals surface area contributed by atoms with Crippen molar-refractivity contribution < 1.29 is 14.3 Å². The van der Waals surface area contributed by atoms with Crippen LogP contribution in [0.15, 0.2) is 42.5 Å². The molecule has 0 saturated heterocycles. The predicted molar refractivity (Wildman–Crippen MR) is 130 cm³/mol. The van der Waals surface area contributed by atoms with Crippen LogP contribution >= 0.6 is 0 Å². The van der Waals surface area contributed by atoms with Crippen LogP contribution in [0, 0.1) is 0 Å². The van der Waals surface area contributed by atoms with Crippen molar-refractivity contribution in [3.63, 3.8) is 0 Å². The lowest BCUT2D eigenvalue weighted by molar-refractivity contribution is -0.116. The van der Waals surface area contributed by atoms with E-state index in [9.17, 15) is 9.59 Å². The van der Waals surface area contributed by atoms with E-state index in [0.29, 0.717) is 25.1 Å². The van der Waals surface area contributed by atoms with Crippen molar-refractivity contribution in [1.29, 1.82) is 0 Å². The van der Waals surface area contributed by atoms with Crippen LogP contribution in [0.4, 0.5) is 5.69 Å². The van der Waals surface area contributed by atoms with Crippen LogP contribution in [0.5, 0.6) is 5.75 Å². The molecule has 0 aliphatic carbocycles. The molecular weight excluding hydrogens is 400 g/mol. The summed E-state index contributed by atoms with van der Waals surface area (Å²) in [5, 5.41) is 2.78. The zero-order valence-corrected chi connectivity index (χ0v) is 20.3. The molecule has 0 fully saturated rings. The Morgan fingerprint density at radius 2 is 1.66 bits per heavy atom. The first-order valence-electron chi connectivity index (χ1n) is 11.4. The van der Waals surface area contributed by atoms with Gasteiger partial charge in [-0.3, -0.25) is 15.3 Å². The molecule has 0 heterocycles. The molecule has 173 valence electrons. The van der Waals surface area contributed by atoms with Crippen molar-refractivity contribution in [2.45, 2.75) is 78.1 Å². The highest BCUT2D eigenvalue weighted by Crippen LogP contribution is 2.38. The summed E-state index contributed by atoms with van der Waals surface area (Å²) < 4.78 is 6.13. The van der Waals surface area contributed by atoms with Crippen LogP contribution in [0.2, 0.25) is 0 Å². The molecule has 32 heavy (non-hydrogen) atoms. The third kappa shape index (κ3) is 6.59. The number of ether oxygens (including phenoxy) is 1. The molecule has 2 amide bonds. The minimum atomic E-state index is -0.770. The van der Waals surface area contributed by atoms with Crippen molar-refractivity contribution in [3.05, 3.63) is 59.2 Å². The molecule has 2 N–H and O–H groups in total. The Hall–Kier alpha value is -2.82. The molecule has 0 unspecified atom stereocenters. The Labute approximate surface area is 192 Å². The molecule has 0 aromatic heterocycles. The Balaban J connectivity index is 2.00. The average Bonchev–Trinajstić information content (AvgIpc) is 2.76. The van der Waals surface area contributed by atoms with Gasteiger partial charge in [0.1, 0.15) is 5.75 Å². The van der Waals surface area contributed by atoms with E-state index in [-0.39, 0.29) is 22.3 Å². The topological polar surface area (TPSA) is 79.2 Å². The lowest BCUT2D eigenvalue weighted by atomic mass is 9.76. The van der Waals surface area contributed by atoms with E-state index in [4.69, 9.17) is 10.5 Å². The molecule has 2 aromatic rings. The fourth-order valence-electron chi connectivity index (χ4n) is 3.38. The SMILES string of the molecule is CCC(C)(C)c1ccc(OCCCC(=O)Nc2cccc(C([NH])=O)c2)c(C(C)(C)CC)c1. The van der Waals surface area contributed by atoms with Gasteiger partial charge in [0.2, 0.25) is 5.91 Å². The zero-order chi connectivity index (χ0) is 23.9. The summed E-state index contributed by atoms with van der Waals surface area (Å²) in [4.78, 5) is 23.4. The van der Waals surface area contributed by atoms with Crippen LogP contribution in [-0.4, -0.2) is 18.4 Å². The van der Waals surface area contributed by atoms with Gasteiger partial charge in [0.25, 0.3) is 5.91 Å². The quantitative estimate of drug-likeness (QED) is 0.420. The Morgan fingerprint density at radius 3 is 2.28 bits per heavy atom. The van der Waals surface area contributed by atoms with E-state index in [1.807, 2.05) is 0 Å². The van der Waals surface area contributed by atoms with E-state index >= 15 is 0 Å². The molecule has 1 radical (unpaired) electrons. The van der Waals surface area contributed by atoms with Crippen LogP contribution in [0.1, 0.15) is 88.7 Å². The molecular formula is C27H37N2O3. The number of carbonyl (C=O) groups is 2. The third-order valence-electron chi connectivity index (χ3n) is 6.47.